The summed E-state index contributed by atoms with van der Waals surface area (Å²) >= 11 is 0. The minimum absolute atomic E-state index is 0.927. The van der Waals surface area contributed by atoms with Crippen molar-refractivity contribution in [2.75, 3.05) is 5.43 Å². The third-order valence-corrected chi connectivity index (χ3v) is 2.88. The minimum Gasteiger partial charge on any atom is -0.324 e. The highest BCUT2D eigenvalue weighted by Crippen LogP contribution is 2.21. The number of benzene rings is 2. The highest BCUT2D eigenvalue weighted by atomic mass is 15.2. The number of nitrogens with two attached hydrogens (primary N) is 1. The number of hydrogen-bond donors (Lipinski definition) is 2. The van der Waals surface area contributed by atoms with E-state index in [9.17, 15) is 0 Å². The first-order valence-corrected chi connectivity index (χ1v) is 5.99. The first-order valence-electron chi connectivity index (χ1n) is 5.99. The molecule has 2 heteroatoms. The summed E-state index contributed by atoms with van der Waals surface area (Å²) in [5, 5.41) is 0. The summed E-state index contributed by atoms with van der Waals surface area (Å²) in [6.45, 7) is 2.20. The molecule has 0 bridgehead atoms. The Hall–Kier alpha value is -1.80. The van der Waals surface area contributed by atoms with Gasteiger partial charge in [-0.25, -0.2) is 0 Å². The highest BCUT2D eigenvalue weighted by Gasteiger charge is 1.98. The molecule has 0 saturated carbocycles. The Kier molecular flexibility index (Phi) is 3.78. The summed E-state index contributed by atoms with van der Waals surface area (Å²) in [6.07, 6.45) is 2.34. The Labute approximate surface area is 102 Å². The van der Waals surface area contributed by atoms with Gasteiger partial charge < -0.3 is 5.43 Å². The Bertz CT molecular complexity index is 457. The van der Waals surface area contributed by atoms with Gasteiger partial charge in [-0.2, -0.15) is 0 Å². The second-order valence-corrected chi connectivity index (χ2v) is 4.17. The van der Waals surface area contributed by atoms with Crippen LogP contribution in [0, 0.1) is 0 Å². The summed E-state index contributed by atoms with van der Waals surface area (Å²) in [5.41, 5.74) is 7.42. The van der Waals surface area contributed by atoms with Crippen LogP contribution in [-0.2, 0) is 6.42 Å². The second kappa shape index (κ2) is 5.51. The van der Waals surface area contributed by atoms with E-state index in [1.165, 1.54) is 23.1 Å². The number of hydrazine groups is 1. The molecule has 0 aliphatic carbocycles. The van der Waals surface area contributed by atoms with Gasteiger partial charge in [0.15, 0.2) is 0 Å². The van der Waals surface area contributed by atoms with Gasteiger partial charge in [0, 0.05) is 5.69 Å². The van der Waals surface area contributed by atoms with Crippen molar-refractivity contribution in [3.63, 3.8) is 0 Å². The molecule has 3 N–H and O–H groups in total. The van der Waals surface area contributed by atoms with Gasteiger partial charge in [-0.15, -0.1) is 0 Å². The molecular formula is C15H18N2. The van der Waals surface area contributed by atoms with Crippen LogP contribution in [0.1, 0.15) is 18.9 Å². The molecule has 0 heterocycles. The molecule has 0 unspecified atom stereocenters. The zero-order valence-corrected chi connectivity index (χ0v) is 10.1. The normalized spacial score (nSPS) is 10.2. The monoisotopic (exact) mass is 226 g/mol. The van der Waals surface area contributed by atoms with Crippen molar-refractivity contribution in [3.05, 3.63) is 54.1 Å². The first kappa shape index (κ1) is 11.7. The van der Waals surface area contributed by atoms with Gasteiger partial charge in [0.25, 0.3) is 0 Å². The van der Waals surface area contributed by atoms with Gasteiger partial charge in [0.2, 0.25) is 0 Å². The molecule has 0 radical (unpaired) electrons. The van der Waals surface area contributed by atoms with Crippen molar-refractivity contribution < 1.29 is 0 Å². The molecule has 2 aromatic rings. The maximum atomic E-state index is 5.34. The van der Waals surface area contributed by atoms with Crippen molar-refractivity contribution in [1.82, 2.24) is 0 Å². The van der Waals surface area contributed by atoms with Crippen molar-refractivity contribution >= 4 is 5.69 Å². The van der Waals surface area contributed by atoms with E-state index < -0.39 is 0 Å². The SMILES string of the molecule is CCCc1ccc(-c2ccc(NN)cc2)cc1. The zero-order chi connectivity index (χ0) is 12.1. The minimum atomic E-state index is 0.927. The standard InChI is InChI=1S/C15H18N2/c1-2-3-12-4-6-13(7-5-12)14-8-10-15(17-16)11-9-14/h4-11,17H,2-3,16H2,1H3. The molecule has 17 heavy (non-hydrogen) atoms. The number of nitrogen functional groups attached to an aromatic ring is 1. The van der Waals surface area contributed by atoms with E-state index in [4.69, 9.17) is 5.84 Å². The number of anilines is 1. The second-order valence-electron chi connectivity index (χ2n) is 4.17. The Morgan fingerprint density at radius 1 is 0.882 bits per heavy atom. The lowest BCUT2D eigenvalue weighted by molar-refractivity contribution is 0.922. The van der Waals surface area contributed by atoms with E-state index >= 15 is 0 Å². The van der Waals surface area contributed by atoms with Gasteiger partial charge in [0.05, 0.1) is 0 Å². The largest absolute Gasteiger partial charge is 0.324 e. The molecule has 2 nitrogen and oxygen atoms in total. The topological polar surface area (TPSA) is 38.0 Å². The number of aryl methyl sites for hydroxylation is 1. The lowest BCUT2D eigenvalue weighted by Gasteiger charge is -2.05. The van der Waals surface area contributed by atoms with Crippen molar-refractivity contribution in [1.29, 1.82) is 0 Å². The first-order chi connectivity index (χ1) is 8.33. The molecule has 0 saturated heterocycles. The Morgan fingerprint density at radius 2 is 1.41 bits per heavy atom. The van der Waals surface area contributed by atoms with Crippen LogP contribution in [0.3, 0.4) is 0 Å². The zero-order valence-electron chi connectivity index (χ0n) is 10.1. The molecule has 2 rings (SSSR count). The van der Waals surface area contributed by atoms with Crippen molar-refractivity contribution in [3.8, 4) is 11.1 Å². The van der Waals surface area contributed by atoms with Crippen molar-refractivity contribution in [2.24, 2.45) is 5.84 Å². The van der Waals surface area contributed by atoms with Gasteiger partial charge in [0.1, 0.15) is 0 Å². The lowest BCUT2D eigenvalue weighted by atomic mass is 10.0. The molecule has 0 spiro atoms. The number of rotatable bonds is 4. The van der Waals surface area contributed by atoms with Gasteiger partial charge in [-0.3, -0.25) is 5.84 Å². The summed E-state index contributed by atoms with van der Waals surface area (Å²) in [5.74, 6) is 5.34. The molecule has 0 aromatic heterocycles. The van der Waals surface area contributed by atoms with Gasteiger partial charge in [-0.05, 0) is 35.2 Å². The molecule has 2 aromatic carbocycles. The van der Waals surface area contributed by atoms with Crippen LogP contribution >= 0.6 is 0 Å². The predicted molar refractivity (Wildman–Crippen MR) is 73.7 cm³/mol. The number of nitrogens with one attached hydrogen (secondary N) is 1. The van der Waals surface area contributed by atoms with Crippen LogP contribution in [-0.4, -0.2) is 0 Å². The van der Waals surface area contributed by atoms with Gasteiger partial charge in [-0.1, -0.05) is 49.7 Å². The highest BCUT2D eigenvalue weighted by molar-refractivity contribution is 5.66. The smallest absolute Gasteiger partial charge is 0.0485 e. The average molecular weight is 226 g/mol. The Morgan fingerprint density at radius 3 is 1.88 bits per heavy atom. The summed E-state index contributed by atoms with van der Waals surface area (Å²) in [7, 11) is 0. The maximum Gasteiger partial charge on any atom is 0.0485 e. The average Bonchev–Trinajstić information content (AvgIpc) is 2.40. The van der Waals surface area contributed by atoms with E-state index in [1.54, 1.807) is 0 Å². The molecule has 88 valence electrons. The van der Waals surface area contributed by atoms with E-state index in [2.05, 4.69) is 48.7 Å². The summed E-state index contributed by atoms with van der Waals surface area (Å²) < 4.78 is 0. The molecule has 0 amide bonds. The molecule has 0 aliphatic rings. The summed E-state index contributed by atoms with van der Waals surface area (Å²) in [4.78, 5) is 0. The van der Waals surface area contributed by atoms with Crippen LogP contribution < -0.4 is 11.3 Å². The van der Waals surface area contributed by atoms with Crippen LogP contribution in [0.25, 0.3) is 11.1 Å². The van der Waals surface area contributed by atoms with Gasteiger partial charge >= 0.3 is 0 Å². The third-order valence-electron chi connectivity index (χ3n) is 2.88. The van der Waals surface area contributed by atoms with Crippen LogP contribution in [0.2, 0.25) is 0 Å². The summed E-state index contributed by atoms with van der Waals surface area (Å²) in [6, 6.07) is 16.9. The Balaban J connectivity index is 2.20. The fourth-order valence-corrected chi connectivity index (χ4v) is 1.91. The van der Waals surface area contributed by atoms with Crippen LogP contribution in [0.15, 0.2) is 48.5 Å². The lowest BCUT2D eigenvalue weighted by Crippen LogP contribution is -2.05. The van der Waals surface area contributed by atoms with Crippen molar-refractivity contribution in [2.45, 2.75) is 19.8 Å². The molecule has 0 atom stereocenters. The molecule has 0 aliphatic heterocycles. The van der Waals surface area contributed by atoms with E-state index in [1.807, 2.05) is 12.1 Å². The molecule has 0 fully saturated rings. The third kappa shape index (κ3) is 2.86. The van der Waals surface area contributed by atoms with Crippen LogP contribution in [0.5, 0.6) is 0 Å². The predicted octanol–water partition coefficient (Wildman–Crippen LogP) is 3.59. The number of hydrogen-bond acceptors (Lipinski definition) is 2. The quantitative estimate of drug-likeness (QED) is 0.617. The van der Waals surface area contributed by atoms with E-state index in [-0.39, 0.29) is 0 Å². The van der Waals surface area contributed by atoms with Crippen LogP contribution in [0.4, 0.5) is 5.69 Å². The fourth-order valence-electron chi connectivity index (χ4n) is 1.91. The fraction of sp³-hybridized carbons (Fsp3) is 0.200. The maximum absolute atomic E-state index is 5.34. The molecular weight excluding hydrogens is 208 g/mol. The van der Waals surface area contributed by atoms with E-state index in [0.29, 0.717) is 0 Å². The van der Waals surface area contributed by atoms with E-state index in [0.717, 1.165) is 12.1 Å².